The van der Waals surface area contributed by atoms with Crippen molar-refractivity contribution in [1.82, 2.24) is 20.2 Å². The highest BCUT2D eigenvalue weighted by Gasteiger charge is 2.16. The maximum atomic E-state index is 11.4. The Morgan fingerprint density at radius 3 is 2.86 bits per heavy atom. The largest absolute Gasteiger partial charge is 0.477 e. The molecular formula is C7H6N4O3. The van der Waals surface area contributed by atoms with E-state index >= 15 is 0 Å². The molecule has 0 aliphatic rings. The van der Waals surface area contributed by atoms with E-state index in [9.17, 15) is 9.59 Å². The molecule has 7 heteroatoms. The van der Waals surface area contributed by atoms with Gasteiger partial charge < -0.3 is 10.1 Å². The minimum absolute atomic E-state index is 0.0249. The molecule has 0 saturated heterocycles. The van der Waals surface area contributed by atoms with Crippen molar-refractivity contribution < 1.29 is 9.90 Å². The van der Waals surface area contributed by atoms with Crippen molar-refractivity contribution >= 4 is 17.0 Å². The van der Waals surface area contributed by atoms with Crippen molar-refractivity contribution in [3.8, 4) is 0 Å². The topological polar surface area (TPSA) is 112 Å². The lowest BCUT2D eigenvalue weighted by atomic mass is 10.3. The predicted octanol–water partition coefficient (Wildman–Crippen LogP) is -0.347. The van der Waals surface area contributed by atoms with Crippen LogP contribution in [0.15, 0.2) is 4.79 Å². The number of aromatic amines is 2. The molecule has 7 nitrogen and oxygen atoms in total. The Balaban J connectivity index is 2.93. The smallest absolute Gasteiger partial charge is 0.354 e. The Hall–Kier alpha value is -2.18. The van der Waals surface area contributed by atoms with Crippen molar-refractivity contribution in [2.75, 3.05) is 0 Å². The summed E-state index contributed by atoms with van der Waals surface area (Å²) >= 11 is 0. The molecule has 0 amide bonds. The molecule has 0 aliphatic carbocycles. The number of rotatable bonds is 1. The lowest BCUT2D eigenvalue weighted by Crippen LogP contribution is -2.12. The van der Waals surface area contributed by atoms with E-state index in [4.69, 9.17) is 5.11 Å². The quantitative estimate of drug-likeness (QED) is 0.574. The molecule has 0 fully saturated rings. The predicted molar refractivity (Wildman–Crippen MR) is 46.2 cm³/mol. The molecule has 2 heterocycles. The lowest BCUT2D eigenvalue weighted by Gasteiger charge is -1.91. The van der Waals surface area contributed by atoms with Gasteiger partial charge in [-0.15, -0.1) is 0 Å². The molecule has 0 radical (unpaired) electrons. The standard InChI is InChI=1S/C7H6N4O3/c1-2-8-5-3(6(12)9-2)4(7(13)14)10-11-5/h1H3,(H,13,14)(H2,8,9,10,11,12). The molecule has 0 bridgehead atoms. The molecule has 14 heavy (non-hydrogen) atoms. The SMILES string of the molecule is Cc1nc2n[nH]c(C(=O)O)c2c(=O)[nH]1. The second-order valence-corrected chi connectivity index (χ2v) is 2.75. The zero-order valence-corrected chi connectivity index (χ0v) is 7.16. The van der Waals surface area contributed by atoms with Crippen LogP contribution in [0.1, 0.15) is 16.3 Å². The van der Waals surface area contributed by atoms with Crippen molar-refractivity contribution in [2.45, 2.75) is 6.92 Å². The van der Waals surface area contributed by atoms with Crippen molar-refractivity contribution in [2.24, 2.45) is 0 Å². The number of aryl methyl sites for hydroxylation is 1. The molecule has 0 saturated carbocycles. The van der Waals surface area contributed by atoms with Gasteiger partial charge in [-0.1, -0.05) is 0 Å². The number of fused-ring (bicyclic) bond motifs is 1. The summed E-state index contributed by atoms with van der Waals surface area (Å²) in [5.41, 5.74) is -0.629. The zero-order chi connectivity index (χ0) is 10.3. The van der Waals surface area contributed by atoms with Gasteiger partial charge in [0.15, 0.2) is 11.3 Å². The van der Waals surface area contributed by atoms with Crippen LogP contribution < -0.4 is 5.56 Å². The second-order valence-electron chi connectivity index (χ2n) is 2.75. The molecule has 2 aromatic rings. The van der Waals surface area contributed by atoms with Crippen LogP contribution in [-0.2, 0) is 0 Å². The first kappa shape index (κ1) is 8.42. The van der Waals surface area contributed by atoms with E-state index in [2.05, 4.69) is 20.2 Å². The Morgan fingerprint density at radius 2 is 2.21 bits per heavy atom. The molecule has 3 N–H and O–H groups in total. The highest BCUT2D eigenvalue weighted by atomic mass is 16.4. The Labute approximate surface area is 76.8 Å². The van der Waals surface area contributed by atoms with Crippen LogP contribution in [0.4, 0.5) is 0 Å². The monoisotopic (exact) mass is 194 g/mol. The van der Waals surface area contributed by atoms with Crippen LogP contribution in [0.5, 0.6) is 0 Å². The van der Waals surface area contributed by atoms with Gasteiger partial charge in [-0.3, -0.25) is 9.89 Å². The van der Waals surface area contributed by atoms with Crippen LogP contribution in [0.3, 0.4) is 0 Å². The average molecular weight is 194 g/mol. The van der Waals surface area contributed by atoms with E-state index in [1.54, 1.807) is 6.92 Å². The molecule has 0 atom stereocenters. The van der Waals surface area contributed by atoms with E-state index in [0.717, 1.165) is 0 Å². The van der Waals surface area contributed by atoms with Gasteiger partial charge in [0.25, 0.3) is 5.56 Å². The highest BCUT2D eigenvalue weighted by Crippen LogP contribution is 2.07. The maximum Gasteiger partial charge on any atom is 0.354 e. The van der Waals surface area contributed by atoms with E-state index in [1.807, 2.05) is 0 Å². The Morgan fingerprint density at radius 1 is 1.50 bits per heavy atom. The average Bonchev–Trinajstić information content (AvgIpc) is 2.47. The third-order valence-corrected chi connectivity index (χ3v) is 1.76. The molecular weight excluding hydrogens is 188 g/mol. The summed E-state index contributed by atoms with van der Waals surface area (Å²) in [6.07, 6.45) is 0. The number of aromatic carboxylic acids is 1. The summed E-state index contributed by atoms with van der Waals surface area (Å²) in [6, 6.07) is 0. The van der Waals surface area contributed by atoms with Crippen LogP contribution in [0.25, 0.3) is 11.0 Å². The van der Waals surface area contributed by atoms with E-state index in [-0.39, 0.29) is 16.7 Å². The van der Waals surface area contributed by atoms with Gasteiger partial charge in [0.05, 0.1) is 0 Å². The third-order valence-electron chi connectivity index (χ3n) is 1.76. The summed E-state index contributed by atoms with van der Waals surface area (Å²) in [5, 5.41) is 14.6. The molecule has 0 aliphatic heterocycles. The first-order chi connectivity index (χ1) is 6.59. The summed E-state index contributed by atoms with van der Waals surface area (Å²) in [5.74, 6) is -0.838. The normalized spacial score (nSPS) is 10.6. The number of nitrogens with zero attached hydrogens (tertiary/aromatic N) is 2. The Kier molecular flexibility index (Phi) is 1.60. The van der Waals surface area contributed by atoms with Gasteiger partial charge in [0.1, 0.15) is 11.2 Å². The van der Waals surface area contributed by atoms with E-state index in [1.165, 1.54) is 0 Å². The Bertz CT molecular complexity index is 568. The minimum atomic E-state index is -1.23. The number of hydrogen-bond acceptors (Lipinski definition) is 4. The van der Waals surface area contributed by atoms with Crippen molar-refractivity contribution in [3.63, 3.8) is 0 Å². The second kappa shape index (κ2) is 2.66. The fraction of sp³-hybridized carbons (Fsp3) is 0.143. The third kappa shape index (κ3) is 1.06. The van der Waals surface area contributed by atoms with Gasteiger partial charge in [-0.2, -0.15) is 5.10 Å². The summed E-state index contributed by atoms with van der Waals surface area (Å²) in [6.45, 7) is 1.59. The molecule has 2 aromatic heterocycles. The summed E-state index contributed by atoms with van der Waals surface area (Å²) in [7, 11) is 0. The number of carboxylic acids is 1. The molecule has 0 unspecified atom stereocenters. The van der Waals surface area contributed by atoms with Crippen molar-refractivity contribution in [3.05, 3.63) is 21.9 Å². The number of hydrogen-bond donors (Lipinski definition) is 3. The lowest BCUT2D eigenvalue weighted by molar-refractivity contribution is 0.0692. The number of carbonyl (C=O) groups is 1. The number of nitrogens with one attached hydrogen (secondary N) is 2. The van der Waals surface area contributed by atoms with Crippen LogP contribution in [-0.4, -0.2) is 31.2 Å². The first-order valence-electron chi connectivity index (χ1n) is 3.78. The summed E-state index contributed by atoms with van der Waals surface area (Å²) < 4.78 is 0. The highest BCUT2D eigenvalue weighted by molar-refractivity contribution is 5.99. The van der Waals surface area contributed by atoms with Crippen LogP contribution in [0, 0.1) is 6.92 Å². The molecule has 72 valence electrons. The maximum absolute atomic E-state index is 11.4. The van der Waals surface area contributed by atoms with Gasteiger partial charge in [0.2, 0.25) is 0 Å². The van der Waals surface area contributed by atoms with Gasteiger partial charge in [0, 0.05) is 0 Å². The van der Waals surface area contributed by atoms with Crippen molar-refractivity contribution in [1.29, 1.82) is 0 Å². The number of H-pyrrole nitrogens is 2. The number of carboxylic acid groups (broad SMARTS) is 1. The zero-order valence-electron chi connectivity index (χ0n) is 7.16. The van der Waals surface area contributed by atoms with E-state index < -0.39 is 11.5 Å². The van der Waals surface area contributed by atoms with Gasteiger partial charge >= 0.3 is 5.97 Å². The first-order valence-corrected chi connectivity index (χ1v) is 3.78. The molecule has 2 rings (SSSR count). The fourth-order valence-electron chi connectivity index (χ4n) is 1.20. The summed E-state index contributed by atoms with van der Waals surface area (Å²) in [4.78, 5) is 28.3. The van der Waals surface area contributed by atoms with Gasteiger partial charge in [-0.05, 0) is 6.92 Å². The fourth-order valence-corrected chi connectivity index (χ4v) is 1.20. The van der Waals surface area contributed by atoms with Crippen LogP contribution >= 0.6 is 0 Å². The number of aromatic nitrogens is 4. The van der Waals surface area contributed by atoms with Gasteiger partial charge in [-0.25, -0.2) is 9.78 Å². The van der Waals surface area contributed by atoms with Crippen LogP contribution in [0.2, 0.25) is 0 Å². The molecule has 0 aromatic carbocycles. The van der Waals surface area contributed by atoms with E-state index in [0.29, 0.717) is 5.82 Å². The molecule has 0 spiro atoms. The minimum Gasteiger partial charge on any atom is -0.477 e.